The molecule has 0 amide bonds. The molecule has 10 aromatic rings. The molecule has 0 atom stereocenters. The zero-order valence-electron chi connectivity index (χ0n) is 32.3. The van der Waals surface area contributed by atoms with Crippen molar-refractivity contribution in [1.82, 2.24) is 0 Å². The van der Waals surface area contributed by atoms with Crippen molar-refractivity contribution in [2.75, 3.05) is 4.90 Å². The van der Waals surface area contributed by atoms with E-state index < -0.39 is 0 Å². The van der Waals surface area contributed by atoms with Crippen LogP contribution in [0.2, 0.25) is 0 Å². The first-order valence-corrected chi connectivity index (χ1v) is 20.4. The van der Waals surface area contributed by atoms with Crippen LogP contribution in [0.15, 0.2) is 162 Å². The van der Waals surface area contributed by atoms with Gasteiger partial charge in [-0.1, -0.05) is 144 Å². The molecule has 0 spiro atoms. The summed E-state index contributed by atoms with van der Waals surface area (Å²) in [6.45, 7) is 11.6. The second-order valence-corrected chi connectivity index (χ2v) is 18.0. The van der Waals surface area contributed by atoms with Crippen LogP contribution in [-0.4, -0.2) is 0 Å². The fourth-order valence-electron chi connectivity index (χ4n) is 9.36. The molecule has 0 bridgehead atoms. The highest BCUT2D eigenvalue weighted by Gasteiger charge is 2.36. The summed E-state index contributed by atoms with van der Waals surface area (Å²) in [5.74, 6) is 0. The SMILES string of the molecule is CC(C)(C)c1ccc2c(c1)sc1cc(N(c3ccc4c(c3)-c3ccccc3C4(C)C)c3ccc4ccccc4c3-c3cccc4oc5ccccc5c34)ccc12. The number of benzene rings is 8. The third kappa shape index (κ3) is 4.87. The van der Waals surface area contributed by atoms with Crippen LogP contribution in [0, 0.1) is 0 Å². The van der Waals surface area contributed by atoms with Gasteiger partial charge < -0.3 is 9.32 Å². The maximum Gasteiger partial charge on any atom is 0.136 e. The Hall–Kier alpha value is -6.16. The Labute approximate surface area is 331 Å². The van der Waals surface area contributed by atoms with E-state index in [2.05, 4.69) is 197 Å². The molecule has 56 heavy (non-hydrogen) atoms. The predicted molar refractivity (Wildman–Crippen MR) is 240 cm³/mol. The standard InChI is InChI=1S/C53H41NOS/c1-52(2,3)33-22-25-38-39-26-23-35(31-49(39)56-48(38)29-33)54(34-24-27-44-42(30-34)37-15-8-10-18-43(37)53(44,4)5)45-28-21-32-13-6-7-14-36(32)50(45)41-17-12-20-47-51(41)40-16-9-11-19-46(40)55-47/h6-31H,1-5H3. The molecule has 0 N–H and O–H groups in total. The number of rotatable bonds is 4. The van der Waals surface area contributed by atoms with Crippen molar-refractivity contribution in [2.45, 2.75) is 45.4 Å². The number of furan rings is 1. The molecule has 2 heterocycles. The van der Waals surface area contributed by atoms with Crippen LogP contribution in [0.1, 0.15) is 51.3 Å². The Bertz CT molecular complexity index is 3220. The minimum Gasteiger partial charge on any atom is -0.456 e. The Morgan fingerprint density at radius 1 is 0.518 bits per heavy atom. The van der Waals surface area contributed by atoms with Gasteiger partial charge in [0.1, 0.15) is 11.2 Å². The van der Waals surface area contributed by atoms with Crippen LogP contribution < -0.4 is 4.90 Å². The fraction of sp³-hybridized carbons (Fsp3) is 0.132. The lowest BCUT2D eigenvalue weighted by molar-refractivity contribution is 0.591. The Morgan fingerprint density at radius 2 is 1.18 bits per heavy atom. The summed E-state index contributed by atoms with van der Waals surface area (Å²) in [7, 11) is 0. The zero-order valence-corrected chi connectivity index (χ0v) is 33.1. The van der Waals surface area contributed by atoms with Crippen molar-refractivity contribution in [2.24, 2.45) is 0 Å². The summed E-state index contributed by atoms with van der Waals surface area (Å²) in [6.07, 6.45) is 0. The second kappa shape index (κ2) is 11.9. The van der Waals surface area contributed by atoms with E-state index in [1.165, 1.54) is 64.3 Å². The van der Waals surface area contributed by atoms with Crippen LogP contribution >= 0.6 is 11.3 Å². The molecular weight excluding hydrogens is 699 g/mol. The van der Waals surface area contributed by atoms with E-state index in [1.807, 2.05) is 11.3 Å². The van der Waals surface area contributed by atoms with Crippen molar-refractivity contribution in [3.8, 4) is 22.3 Å². The molecule has 0 aliphatic heterocycles. The average Bonchev–Trinajstić information content (AvgIpc) is 3.85. The van der Waals surface area contributed by atoms with Gasteiger partial charge in [0.15, 0.2) is 0 Å². The van der Waals surface area contributed by atoms with E-state index in [0.29, 0.717) is 0 Å². The number of nitrogens with zero attached hydrogens (tertiary/aromatic N) is 1. The lowest BCUT2D eigenvalue weighted by Crippen LogP contribution is -2.15. The minimum absolute atomic E-state index is 0.0801. The zero-order chi connectivity index (χ0) is 37.9. The molecule has 2 aromatic heterocycles. The van der Waals surface area contributed by atoms with Gasteiger partial charge in [0, 0.05) is 53.3 Å². The molecule has 0 radical (unpaired) electrons. The number of hydrogen-bond acceptors (Lipinski definition) is 3. The summed E-state index contributed by atoms with van der Waals surface area (Å²) >= 11 is 1.89. The first-order chi connectivity index (χ1) is 27.1. The number of fused-ring (bicyclic) bond motifs is 10. The minimum atomic E-state index is -0.0801. The highest BCUT2D eigenvalue weighted by atomic mass is 32.1. The van der Waals surface area contributed by atoms with Gasteiger partial charge in [0.05, 0.1) is 5.69 Å². The van der Waals surface area contributed by atoms with E-state index in [1.54, 1.807) is 0 Å². The van der Waals surface area contributed by atoms with E-state index in [-0.39, 0.29) is 10.8 Å². The third-order valence-corrected chi connectivity index (χ3v) is 13.3. The highest BCUT2D eigenvalue weighted by molar-refractivity contribution is 7.25. The molecule has 270 valence electrons. The molecule has 0 saturated heterocycles. The van der Waals surface area contributed by atoms with Gasteiger partial charge in [-0.25, -0.2) is 0 Å². The van der Waals surface area contributed by atoms with Crippen molar-refractivity contribution in [3.05, 3.63) is 174 Å². The monoisotopic (exact) mass is 739 g/mol. The van der Waals surface area contributed by atoms with Crippen LogP contribution in [0.4, 0.5) is 17.1 Å². The Morgan fingerprint density at radius 3 is 2.04 bits per heavy atom. The van der Waals surface area contributed by atoms with E-state index >= 15 is 0 Å². The number of thiophene rings is 1. The van der Waals surface area contributed by atoms with Crippen molar-refractivity contribution < 1.29 is 4.42 Å². The number of para-hydroxylation sites is 1. The molecule has 1 aliphatic rings. The average molecular weight is 740 g/mol. The van der Waals surface area contributed by atoms with Crippen LogP contribution in [0.3, 0.4) is 0 Å². The Balaban J connectivity index is 1.22. The Kier molecular flexibility index (Phi) is 7.07. The van der Waals surface area contributed by atoms with Gasteiger partial charge in [0.25, 0.3) is 0 Å². The topological polar surface area (TPSA) is 16.4 Å². The maximum absolute atomic E-state index is 6.49. The second-order valence-electron chi connectivity index (χ2n) is 16.9. The molecule has 11 rings (SSSR count). The van der Waals surface area contributed by atoms with Gasteiger partial charge in [-0.3, -0.25) is 0 Å². The van der Waals surface area contributed by atoms with Gasteiger partial charge in [-0.05, 0) is 98.1 Å². The fourth-order valence-corrected chi connectivity index (χ4v) is 10.5. The molecule has 0 unspecified atom stereocenters. The lowest BCUT2D eigenvalue weighted by atomic mass is 9.82. The predicted octanol–water partition coefficient (Wildman–Crippen LogP) is 15.8. The van der Waals surface area contributed by atoms with E-state index in [9.17, 15) is 0 Å². The van der Waals surface area contributed by atoms with Gasteiger partial charge in [-0.15, -0.1) is 11.3 Å². The van der Waals surface area contributed by atoms with E-state index in [4.69, 9.17) is 4.42 Å². The number of anilines is 3. The number of hydrogen-bond donors (Lipinski definition) is 0. The van der Waals surface area contributed by atoms with Crippen molar-refractivity contribution in [3.63, 3.8) is 0 Å². The normalized spacial score (nSPS) is 13.6. The molecule has 3 heteroatoms. The highest BCUT2D eigenvalue weighted by Crippen LogP contribution is 2.53. The van der Waals surface area contributed by atoms with Crippen LogP contribution in [-0.2, 0) is 10.8 Å². The molecular formula is C53H41NOS. The molecule has 0 fully saturated rings. The quantitative estimate of drug-likeness (QED) is 0.179. The summed E-state index contributed by atoms with van der Waals surface area (Å²) in [5, 5.41) is 7.29. The molecule has 0 saturated carbocycles. The molecule has 1 aliphatic carbocycles. The van der Waals surface area contributed by atoms with Crippen LogP contribution in [0.25, 0.3) is 75.1 Å². The molecule has 8 aromatic carbocycles. The summed E-state index contributed by atoms with van der Waals surface area (Å²) < 4.78 is 9.11. The molecule has 2 nitrogen and oxygen atoms in total. The summed E-state index contributed by atoms with van der Waals surface area (Å²) in [6, 6.07) is 58.5. The largest absolute Gasteiger partial charge is 0.456 e. The first kappa shape index (κ1) is 33.2. The smallest absolute Gasteiger partial charge is 0.136 e. The van der Waals surface area contributed by atoms with Gasteiger partial charge >= 0.3 is 0 Å². The van der Waals surface area contributed by atoms with Crippen molar-refractivity contribution in [1.29, 1.82) is 0 Å². The van der Waals surface area contributed by atoms with Crippen LogP contribution in [0.5, 0.6) is 0 Å². The van der Waals surface area contributed by atoms with Gasteiger partial charge in [0.2, 0.25) is 0 Å². The first-order valence-electron chi connectivity index (χ1n) is 19.6. The summed E-state index contributed by atoms with van der Waals surface area (Å²) in [4.78, 5) is 2.50. The van der Waals surface area contributed by atoms with E-state index in [0.717, 1.165) is 44.6 Å². The maximum atomic E-state index is 6.49. The van der Waals surface area contributed by atoms with Crippen molar-refractivity contribution >= 4 is 81.3 Å². The summed E-state index contributed by atoms with van der Waals surface area (Å²) in [5.41, 5.74) is 14.3. The lowest BCUT2D eigenvalue weighted by Gasteiger charge is -2.30. The third-order valence-electron chi connectivity index (χ3n) is 12.2. The van der Waals surface area contributed by atoms with Gasteiger partial charge in [-0.2, -0.15) is 0 Å².